The zero-order valence-electron chi connectivity index (χ0n) is 5.68. The minimum Gasteiger partial charge on any atom is -0.402 e. The molecule has 1 aromatic carbocycles. The fourth-order valence-corrected chi connectivity index (χ4v) is 0.720. The lowest BCUT2D eigenvalue weighted by Crippen LogP contribution is -2.07. The molecule has 0 aliphatic carbocycles. The molecule has 0 aliphatic heterocycles. The van der Waals surface area contributed by atoms with E-state index in [4.69, 9.17) is 15.1 Å². The standard InChI is InChI=1S/C6H5Br.BH3O3/c7-6-4-2-1-3-5-6;2-1(3)4/h1-5H;2-4H. The summed E-state index contributed by atoms with van der Waals surface area (Å²) in [5.74, 6) is 0. The lowest BCUT2D eigenvalue weighted by Gasteiger charge is -1.80. The fourth-order valence-electron chi connectivity index (χ4n) is 0.415. The summed E-state index contributed by atoms with van der Waals surface area (Å²) in [6.07, 6.45) is 0. The summed E-state index contributed by atoms with van der Waals surface area (Å²) >= 11 is 3.31. The molecule has 0 saturated heterocycles. The van der Waals surface area contributed by atoms with E-state index in [0.29, 0.717) is 0 Å². The summed E-state index contributed by atoms with van der Waals surface area (Å²) in [4.78, 5) is 0. The largest absolute Gasteiger partial charge is 0.631 e. The van der Waals surface area contributed by atoms with Crippen LogP contribution < -0.4 is 0 Å². The SMILES string of the molecule is Brc1ccccc1.OB(O)O. The van der Waals surface area contributed by atoms with Crippen LogP contribution >= 0.6 is 15.9 Å². The van der Waals surface area contributed by atoms with E-state index in [0.717, 1.165) is 4.47 Å². The highest BCUT2D eigenvalue weighted by Crippen LogP contribution is 2.05. The summed E-state index contributed by atoms with van der Waals surface area (Å²) in [5, 5.41) is 21.5. The summed E-state index contributed by atoms with van der Waals surface area (Å²) < 4.78 is 1.13. The van der Waals surface area contributed by atoms with Crippen molar-refractivity contribution in [1.29, 1.82) is 0 Å². The predicted molar refractivity (Wildman–Crippen MR) is 46.6 cm³/mol. The summed E-state index contributed by atoms with van der Waals surface area (Å²) in [6, 6.07) is 9.97. The van der Waals surface area contributed by atoms with Gasteiger partial charge in [0.25, 0.3) is 0 Å². The molecule has 0 fully saturated rings. The third-order valence-corrected chi connectivity index (χ3v) is 1.26. The third kappa shape index (κ3) is 9.64. The van der Waals surface area contributed by atoms with E-state index in [1.807, 2.05) is 30.3 Å². The molecule has 0 atom stereocenters. The van der Waals surface area contributed by atoms with Gasteiger partial charge in [-0.05, 0) is 12.1 Å². The van der Waals surface area contributed by atoms with Crippen molar-refractivity contribution in [3.05, 3.63) is 34.8 Å². The molecule has 1 rings (SSSR count). The summed E-state index contributed by atoms with van der Waals surface area (Å²) in [7, 11) is -2.17. The first-order chi connectivity index (χ1) is 5.13. The van der Waals surface area contributed by atoms with Crippen LogP contribution in [-0.2, 0) is 0 Å². The Kier molecular flexibility index (Phi) is 6.16. The number of benzene rings is 1. The maximum atomic E-state index is 7.17. The molecular formula is C6H8BBrO3. The van der Waals surface area contributed by atoms with Crippen molar-refractivity contribution in [3.8, 4) is 0 Å². The fraction of sp³-hybridized carbons (Fsp3) is 0. The molecular weight excluding hydrogens is 211 g/mol. The van der Waals surface area contributed by atoms with Crippen molar-refractivity contribution in [1.82, 2.24) is 0 Å². The Labute approximate surface area is 73.6 Å². The maximum Gasteiger partial charge on any atom is 0.631 e. The van der Waals surface area contributed by atoms with E-state index in [2.05, 4.69) is 15.9 Å². The lowest BCUT2D eigenvalue weighted by atomic mass is 10.3. The smallest absolute Gasteiger partial charge is 0.402 e. The van der Waals surface area contributed by atoms with Crippen molar-refractivity contribution in [3.63, 3.8) is 0 Å². The average Bonchev–Trinajstić information content (AvgIpc) is 1.87. The van der Waals surface area contributed by atoms with Crippen LogP contribution in [0.15, 0.2) is 34.8 Å². The quantitative estimate of drug-likeness (QED) is 0.553. The van der Waals surface area contributed by atoms with E-state index in [1.54, 1.807) is 0 Å². The minimum atomic E-state index is -2.17. The molecule has 0 radical (unpaired) electrons. The Hall–Kier alpha value is -0.355. The van der Waals surface area contributed by atoms with Crippen LogP contribution in [0, 0.1) is 0 Å². The Bertz CT molecular complexity index is 178. The molecule has 0 spiro atoms. The molecule has 0 aliphatic rings. The summed E-state index contributed by atoms with van der Waals surface area (Å²) in [6.45, 7) is 0. The van der Waals surface area contributed by atoms with Crippen molar-refractivity contribution in [2.45, 2.75) is 0 Å². The number of hydrogen-bond acceptors (Lipinski definition) is 3. The Morgan fingerprint density at radius 2 is 1.36 bits per heavy atom. The van der Waals surface area contributed by atoms with E-state index in [-0.39, 0.29) is 0 Å². The van der Waals surface area contributed by atoms with E-state index in [9.17, 15) is 0 Å². The van der Waals surface area contributed by atoms with E-state index < -0.39 is 7.32 Å². The van der Waals surface area contributed by atoms with Gasteiger partial charge in [-0.2, -0.15) is 0 Å². The van der Waals surface area contributed by atoms with Crippen LogP contribution in [0.2, 0.25) is 0 Å². The molecule has 0 amide bonds. The second-order valence-electron chi connectivity index (χ2n) is 1.64. The first-order valence-electron chi connectivity index (χ1n) is 2.87. The van der Waals surface area contributed by atoms with E-state index in [1.165, 1.54) is 0 Å². The molecule has 11 heavy (non-hydrogen) atoms. The average molecular weight is 219 g/mol. The normalized spacial score (nSPS) is 8.00. The Morgan fingerprint density at radius 1 is 1.00 bits per heavy atom. The number of hydrogen-bond donors (Lipinski definition) is 3. The third-order valence-electron chi connectivity index (χ3n) is 0.733. The molecule has 0 unspecified atom stereocenters. The van der Waals surface area contributed by atoms with E-state index >= 15 is 0 Å². The molecule has 60 valence electrons. The van der Waals surface area contributed by atoms with Gasteiger partial charge in [0.05, 0.1) is 0 Å². The van der Waals surface area contributed by atoms with Crippen molar-refractivity contribution < 1.29 is 15.1 Å². The van der Waals surface area contributed by atoms with Gasteiger partial charge in [0.1, 0.15) is 0 Å². The van der Waals surface area contributed by atoms with Gasteiger partial charge < -0.3 is 15.1 Å². The number of rotatable bonds is 0. The first kappa shape index (κ1) is 10.6. The van der Waals surface area contributed by atoms with Crippen molar-refractivity contribution in [2.75, 3.05) is 0 Å². The van der Waals surface area contributed by atoms with Crippen LogP contribution in [0.3, 0.4) is 0 Å². The van der Waals surface area contributed by atoms with Gasteiger partial charge in [-0.15, -0.1) is 0 Å². The maximum absolute atomic E-state index is 7.17. The minimum absolute atomic E-state index is 1.13. The zero-order chi connectivity index (χ0) is 8.69. The Balaban J connectivity index is 0.000000218. The highest BCUT2D eigenvalue weighted by atomic mass is 79.9. The lowest BCUT2D eigenvalue weighted by molar-refractivity contribution is 0.278. The van der Waals surface area contributed by atoms with Crippen molar-refractivity contribution >= 4 is 23.3 Å². The van der Waals surface area contributed by atoms with Gasteiger partial charge in [-0.1, -0.05) is 34.1 Å². The van der Waals surface area contributed by atoms with Crippen LogP contribution in [0.5, 0.6) is 0 Å². The number of halogens is 1. The molecule has 0 heterocycles. The molecule has 0 aromatic heterocycles. The highest BCUT2D eigenvalue weighted by molar-refractivity contribution is 9.10. The first-order valence-corrected chi connectivity index (χ1v) is 3.67. The molecule has 1 aromatic rings. The van der Waals surface area contributed by atoms with Crippen LogP contribution in [0.1, 0.15) is 0 Å². The molecule has 0 bridgehead atoms. The summed E-state index contributed by atoms with van der Waals surface area (Å²) in [5.41, 5.74) is 0. The van der Waals surface area contributed by atoms with Crippen LogP contribution in [0.4, 0.5) is 0 Å². The second kappa shape index (κ2) is 6.36. The zero-order valence-corrected chi connectivity index (χ0v) is 7.27. The Morgan fingerprint density at radius 3 is 1.55 bits per heavy atom. The van der Waals surface area contributed by atoms with Gasteiger partial charge in [-0.3, -0.25) is 0 Å². The molecule has 3 nitrogen and oxygen atoms in total. The van der Waals surface area contributed by atoms with Crippen molar-refractivity contribution in [2.24, 2.45) is 0 Å². The van der Waals surface area contributed by atoms with Crippen LogP contribution in [-0.4, -0.2) is 22.4 Å². The van der Waals surface area contributed by atoms with Gasteiger partial charge >= 0.3 is 7.32 Å². The molecule has 3 N–H and O–H groups in total. The predicted octanol–water partition coefficient (Wildman–Crippen LogP) is 0.397. The van der Waals surface area contributed by atoms with Gasteiger partial charge in [0, 0.05) is 4.47 Å². The van der Waals surface area contributed by atoms with Gasteiger partial charge in [-0.25, -0.2) is 0 Å². The molecule has 0 saturated carbocycles. The van der Waals surface area contributed by atoms with Gasteiger partial charge in [0.15, 0.2) is 0 Å². The highest BCUT2D eigenvalue weighted by Gasteiger charge is 1.92. The monoisotopic (exact) mass is 218 g/mol. The second-order valence-corrected chi connectivity index (χ2v) is 2.56. The topological polar surface area (TPSA) is 60.7 Å². The molecule has 5 heteroatoms. The van der Waals surface area contributed by atoms with Gasteiger partial charge in [0.2, 0.25) is 0 Å². The van der Waals surface area contributed by atoms with Crippen LogP contribution in [0.25, 0.3) is 0 Å².